The summed E-state index contributed by atoms with van der Waals surface area (Å²) >= 11 is 5.77. The third-order valence-corrected chi connectivity index (χ3v) is 3.53. The predicted molar refractivity (Wildman–Crippen MR) is 87.9 cm³/mol. The smallest absolute Gasteiger partial charge is 0.325 e. The van der Waals surface area contributed by atoms with Crippen LogP contribution < -0.4 is 5.32 Å². The molecule has 0 fully saturated rings. The lowest BCUT2D eigenvalue weighted by molar-refractivity contribution is -0.137. The van der Waals surface area contributed by atoms with E-state index in [0.717, 1.165) is 12.1 Å². The summed E-state index contributed by atoms with van der Waals surface area (Å²) in [7, 11) is 1.72. The van der Waals surface area contributed by atoms with Crippen molar-refractivity contribution in [3.05, 3.63) is 64.7 Å². The van der Waals surface area contributed by atoms with Crippen LogP contribution in [0.2, 0.25) is 5.02 Å². The molecule has 1 N–H and O–H groups in total. The molecule has 0 radical (unpaired) electrons. The summed E-state index contributed by atoms with van der Waals surface area (Å²) in [6.45, 7) is 0.482. The monoisotopic (exact) mass is 356 g/mol. The van der Waals surface area contributed by atoms with Crippen molar-refractivity contribution >= 4 is 23.2 Å². The van der Waals surface area contributed by atoms with Crippen LogP contribution in [-0.4, -0.2) is 24.4 Å². The molecule has 24 heavy (non-hydrogen) atoms. The van der Waals surface area contributed by atoms with Crippen molar-refractivity contribution in [2.45, 2.75) is 12.7 Å². The molecule has 0 unspecified atom stereocenters. The van der Waals surface area contributed by atoms with E-state index in [9.17, 15) is 18.0 Å². The van der Waals surface area contributed by atoms with Crippen molar-refractivity contribution in [2.75, 3.05) is 18.9 Å². The lowest BCUT2D eigenvalue weighted by Crippen LogP contribution is -2.29. The second kappa shape index (κ2) is 7.68. The van der Waals surface area contributed by atoms with Crippen LogP contribution >= 0.6 is 11.6 Å². The van der Waals surface area contributed by atoms with Gasteiger partial charge in [0.25, 0.3) is 0 Å². The second-order valence-corrected chi connectivity index (χ2v) is 5.86. The van der Waals surface area contributed by atoms with Gasteiger partial charge in [-0.2, -0.15) is 13.2 Å². The molecule has 2 aromatic rings. The highest BCUT2D eigenvalue weighted by Crippen LogP contribution is 2.29. The first kappa shape index (κ1) is 18.3. The van der Waals surface area contributed by atoms with Gasteiger partial charge in [-0.1, -0.05) is 23.7 Å². The number of carbonyl (C=O) groups is 1. The number of benzene rings is 2. The maximum absolute atomic E-state index is 12.5. The lowest BCUT2D eigenvalue weighted by Gasteiger charge is -2.17. The number of nitrogens with one attached hydrogen (secondary N) is 1. The summed E-state index contributed by atoms with van der Waals surface area (Å²) < 4.78 is 37.5. The molecule has 0 saturated carbocycles. The van der Waals surface area contributed by atoms with Gasteiger partial charge in [0.05, 0.1) is 12.1 Å². The lowest BCUT2D eigenvalue weighted by atomic mass is 10.1. The Morgan fingerprint density at radius 1 is 1.08 bits per heavy atom. The van der Waals surface area contributed by atoms with Gasteiger partial charge in [0, 0.05) is 17.3 Å². The van der Waals surface area contributed by atoms with E-state index in [1.54, 1.807) is 36.2 Å². The van der Waals surface area contributed by atoms with Gasteiger partial charge in [0.2, 0.25) is 5.91 Å². The Labute approximate surface area is 143 Å². The zero-order chi connectivity index (χ0) is 17.7. The van der Waals surface area contributed by atoms with E-state index < -0.39 is 11.7 Å². The third-order valence-electron chi connectivity index (χ3n) is 3.28. The van der Waals surface area contributed by atoms with Crippen molar-refractivity contribution in [2.24, 2.45) is 0 Å². The standard InChI is InChI=1S/C17H16ClF3N2O/c1-23(10-12-2-4-13(5-3-12)17(19,20)21)11-16(24)22-15-8-6-14(18)7-9-15/h2-9H,10-11H2,1H3,(H,22,24). The van der Waals surface area contributed by atoms with Gasteiger partial charge in [-0.05, 0) is 49.0 Å². The van der Waals surface area contributed by atoms with Crippen molar-refractivity contribution in [3.63, 3.8) is 0 Å². The maximum atomic E-state index is 12.5. The second-order valence-electron chi connectivity index (χ2n) is 5.42. The Morgan fingerprint density at radius 2 is 1.67 bits per heavy atom. The van der Waals surface area contributed by atoms with Gasteiger partial charge in [-0.3, -0.25) is 9.69 Å². The van der Waals surface area contributed by atoms with Crippen molar-refractivity contribution in [1.82, 2.24) is 4.90 Å². The number of hydrogen-bond acceptors (Lipinski definition) is 2. The normalized spacial score (nSPS) is 11.6. The third kappa shape index (κ3) is 5.54. The topological polar surface area (TPSA) is 32.3 Å². The Kier molecular flexibility index (Phi) is 5.85. The molecule has 0 aliphatic rings. The summed E-state index contributed by atoms with van der Waals surface area (Å²) in [5.41, 5.74) is 0.645. The average molecular weight is 357 g/mol. The fourth-order valence-corrected chi connectivity index (χ4v) is 2.27. The first-order valence-corrected chi connectivity index (χ1v) is 7.52. The number of rotatable bonds is 5. The van der Waals surface area contributed by atoms with Crippen LogP contribution in [0.3, 0.4) is 0 Å². The van der Waals surface area contributed by atoms with Crippen LogP contribution in [0.4, 0.5) is 18.9 Å². The van der Waals surface area contributed by atoms with Gasteiger partial charge < -0.3 is 5.32 Å². The van der Waals surface area contributed by atoms with Crippen molar-refractivity contribution in [1.29, 1.82) is 0 Å². The highest BCUT2D eigenvalue weighted by molar-refractivity contribution is 6.30. The fourth-order valence-electron chi connectivity index (χ4n) is 2.15. The summed E-state index contributed by atoms with van der Waals surface area (Å²) in [5.74, 6) is -0.216. The van der Waals surface area contributed by atoms with Crippen molar-refractivity contribution < 1.29 is 18.0 Å². The maximum Gasteiger partial charge on any atom is 0.416 e. The number of halogens is 4. The molecule has 0 atom stereocenters. The quantitative estimate of drug-likeness (QED) is 0.859. The summed E-state index contributed by atoms with van der Waals surface area (Å²) in [5, 5.41) is 3.30. The molecule has 0 heterocycles. The number of anilines is 1. The zero-order valence-corrected chi connectivity index (χ0v) is 13.7. The Hall–Kier alpha value is -2.05. The highest BCUT2D eigenvalue weighted by atomic mass is 35.5. The van der Waals surface area contributed by atoms with Crippen LogP contribution in [0.1, 0.15) is 11.1 Å². The fraction of sp³-hybridized carbons (Fsp3) is 0.235. The molecular formula is C17H16ClF3N2O. The van der Waals surface area contributed by atoms with E-state index in [2.05, 4.69) is 5.32 Å². The van der Waals surface area contributed by atoms with Gasteiger partial charge >= 0.3 is 6.18 Å². The molecule has 0 bridgehead atoms. The van der Waals surface area contributed by atoms with Crippen molar-refractivity contribution in [3.8, 4) is 0 Å². The molecule has 2 aromatic carbocycles. The van der Waals surface area contributed by atoms with E-state index in [-0.39, 0.29) is 12.5 Å². The Balaban J connectivity index is 1.87. The summed E-state index contributed by atoms with van der Waals surface area (Å²) in [6, 6.07) is 11.6. The van der Waals surface area contributed by atoms with Crippen LogP contribution in [0.25, 0.3) is 0 Å². The van der Waals surface area contributed by atoms with Crippen LogP contribution in [0, 0.1) is 0 Å². The number of hydrogen-bond donors (Lipinski definition) is 1. The zero-order valence-electron chi connectivity index (χ0n) is 12.9. The number of alkyl halides is 3. The number of nitrogens with zero attached hydrogens (tertiary/aromatic N) is 1. The van der Waals surface area contributed by atoms with Gasteiger partial charge in [-0.25, -0.2) is 0 Å². The first-order chi connectivity index (χ1) is 11.2. The first-order valence-electron chi connectivity index (χ1n) is 7.14. The van der Waals surface area contributed by atoms with Gasteiger partial charge in [-0.15, -0.1) is 0 Å². The summed E-state index contributed by atoms with van der Waals surface area (Å²) in [6.07, 6.45) is -4.34. The molecule has 0 saturated heterocycles. The van der Waals surface area contributed by atoms with Gasteiger partial charge in [0.15, 0.2) is 0 Å². The molecule has 0 aliphatic carbocycles. The van der Waals surface area contributed by atoms with E-state index in [1.165, 1.54) is 12.1 Å². The molecule has 7 heteroatoms. The molecular weight excluding hydrogens is 341 g/mol. The van der Waals surface area contributed by atoms with E-state index in [1.807, 2.05) is 0 Å². The molecule has 1 amide bonds. The Morgan fingerprint density at radius 3 is 2.21 bits per heavy atom. The van der Waals surface area contributed by atoms with E-state index in [0.29, 0.717) is 22.8 Å². The highest BCUT2D eigenvalue weighted by Gasteiger charge is 2.29. The minimum atomic E-state index is -4.34. The van der Waals surface area contributed by atoms with E-state index in [4.69, 9.17) is 11.6 Å². The summed E-state index contributed by atoms with van der Waals surface area (Å²) in [4.78, 5) is 13.7. The largest absolute Gasteiger partial charge is 0.416 e. The number of amides is 1. The van der Waals surface area contributed by atoms with E-state index >= 15 is 0 Å². The average Bonchev–Trinajstić information content (AvgIpc) is 2.49. The van der Waals surface area contributed by atoms with Gasteiger partial charge in [0.1, 0.15) is 0 Å². The molecule has 0 aliphatic heterocycles. The molecule has 2 rings (SSSR count). The van der Waals surface area contributed by atoms with Crippen LogP contribution in [0.5, 0.6) is 0 Å². The molecule has 3 nitrogen and oxygen atoms in total. The minimum absolute atomic E-state index is 0.115. The van der Waals surface area contributed by atoms with Crippen LogP contribution in [0.15, 0.2) is 48.5 Å². The molecule has 0 spiro atoms. The SMILES string of the molecule is CN(CC(=O)Nc1ccc(Cl)cc1)Cc1ccc(C(F)(F)F)cc1. The number of likely N-dealkylation sites (N-methyl/N-ethyl adjacent to an activating group) is 1. The molecule has 128 valence electrons. The molecule has 0 aromatic heterocycles. The number of carbonyl (C=O) groups excluding carboxylic acids is 1. The minimum Gasteiger partial charge on any atom is -0.325 e. The Bertz CT molecular complexity index is 684. The predicted octanol–water partition coefficient (Wildman–Crippen LogP) is 4.43. The van der Waals surface area contributed by atoms with Crippen LogP contribution in [-0.2, 0) is 17.5 Å².